The van der Waals surface area contributed by atoms with Gasteiger partial charge < -0.3 is 15.4 Å². The monoisotopic (exact) mass is 348 g/mol. The molecule has 24 heavy (non-hydrogen) atoms. The Kier molecular flexibility index (Phi) is 6.62. The number of hydrogen-bond donors (Lipinski definition) is 2. The third-order valence-electron chi connectivity index (χ3n) is 3.00. The lowest BCUT2D eigenvalue weighted by Gasteiger charge is -2.07. The second kappa shape index (κ2) is 8.93. The van der Waals surface area contributed by atoms with E-state index in [0.29, 0.717) is 5.69 Å². The summed E-state index contributed by atoms with van der Waals surface area (Å²) < 4.78 is 17.8. The third-order valence-corrected chi connectivity index (χ3v) is 4.02. The number of methoxy groups -OCH3 is 1. The molecule has 7 heteroatoms. The van der Waals surface area contributed by atoms with Crippen LogP contribution in [0.15, 0.2) is 53.4 Å². The molecule has 0 heterocycles. The van der Waals surface area contributed by atoms with Crippen molar-refractivity contribution in [3.63, 3.8) is 0 Å². The Morgan fingerprint density at radius 1 is 1.04 bits per heavy atom. The van der Waals surface area contributed by atoms with Crippen LogP contribution in [-0.2, 0) is 9.59 Å². The van der Waals surface area contributed by atoms with Crippen molar-refractivity contribution in [2.75, 3.05) is 24.7 Å². The molecule has 2 aromatic rings. The van der Waals surface area contributed by atoms with Crippen molar-refractivity contribution < 1.29 is 18.7 Å². The van der Waals surface area contributed by atoms with Crippen LogP contribution in [0.2, 0.25) is 0 Å². The van der Waals surface area contributed by atoms with Crippen LogP contribution in [0.5, 0.6) is 5.75 Å². The fraction of sp³-hybridized carbons (Fsp3) is 0.176. The predicted molar refractivity (Wildman–Crippen MR) is 91.8 cm³/mol. The van der Waals surface area contributed by atoms with Gasteiger partial charge >= 0.3 is 0 Å². The maximum Gasteiger partial charge on any atom is 0.243 e. The SMILES string of the molecule is COc1ccc(SCC(=O)NCC(=O)Nc2ccc(F)cc2)cc1. The minimum Gasteiger partial charge on any atom is -0.497 e. The summed E-state index contributed by atoms with van der Waals surface area (Å²) in [6.45, 7) is -0.140. The van der Waals surface area contributed by atoms with Gasteiger partial charge in [0, 0.05) is 10.6 Å². The summed E-state index contributed by atoms with van der Waals surface area (Å²) in [6, 6.07) is 12.8. The number of anilines is 1. The van der Waals surface area contributed by atoms with E-state index in [1.54, 1.807) is 7.11 Å². The molecule has 0 aromatic heterocycles. The first-order valence-corrected chi connectivity index (χ1v) is 8.14. The number of halogens is 1. The minimum atomic E-state index is -0.378. The molecule has 0 radical (unpaired) electrons. The average Bonchev–Trinajstić information content (AvgIpc) is 2.60. The Labute approximate surface area is 143 Å². The highest BCUT2D eigenvalue weighted by Gasteiger charge is 2.07. The van der Waals surface area contributed by atoms with Crippen molar-refractivity contribution in [3.8, 4) is 5.75 Å². The van der Waals surface area contributed by atoms with Gasteiger partial charge in [0.1, 0.15) is 11.6 Å². The quantitative estimate of drug-likeness (QED) is 0.755. The normalized spacial score (nSPS) is 10.1. The van der Waals surface area contributed by atoms with Crippen LogP contribution in [0, 0.1) is 5.82 Å². The molecular formula is C17H17FN2O3S. The standard InChI is InChI=1S/C17H17FN2O3S/c1-23-14-6-8-15(9-7-14)24-11-17(22)19-10-16(21)20-13-4-2-12(18)3-5-13/h2-9H,10-11H2,1H3,(H,19,22)(H,20,21). The van der Waals surface area contributed by atoms with Crippen LogP contribution in [0.4, 0.5) is 10.1 Å². The van der Waals surface area contributed by atoms with Gasteiger partial charge in [0.25, 0.3) is 0 Å². The molecule has 126 valence electrons. The lowest BCUT2D eigenvalue weighted by atomic mass is 10.3. The van der Waals surface area contributed by atoms with E-state index >= 15 is 0 Å². The highest BCUT2D eigenvalue weighted by Crippen LogP contribution is 2.20. The summed E-state index contributed by atoms with van der Waals surface area (Å²) in [5, 5.41) is 5.11. The topological polar surface area (TPSA) is 67.4 Å². The molecule has 0 bridgehead atoms. The zero-order chi connectivity index (χ0) is 17.4. The fourth-order valence-corrected chi connectivity index (χ4v) is 2.52. The van der Waals surface area contributed by atoms with E-state index in [1.807, 2.05) is 24.3 Å². The molecule has 0 atom stereocenters. The molecule has 2 rings (SSSR count). The number of nitrogens with one attached hydrogen (secondary N) is 2. The molecule has 0 aliphatic heterocycles. The summed E-state index contributed by atoms with van der Waals surface area (Å²) in [5.41, 5.74) is 0.475. The van der Waals surface area contributed by atoms with E-state index in [1.165, 1.54) is 36.0 Å². The Morgan fingerprint density at radius 2 is 1.71 bits per heavy atom. The molecular weight excluding hydrogens is 331 g/mol. The van der Waals surface area contributed by atoms with Crippen LogP contribution in [0.1, 0.15) is 0 Å². The number of carbonyl (C=O) groups excluding carboxylic acids is 2. The maximum absolute atomic E-state index is 12.8. The van der Waals surface area contributed by atoms with E-state index in [0.717, 1.165) is 10.6 Å². The second-order valence-corrected chi connectivity index (χ2v) is 5.84. The van der Waals surface area contributed by atoms with Gasteiger partial charge in [-0.1, -0.05) is 0 Å². The molecule has 0 saturated carbocycles. The van der Waals surface area contributed by atoms with Gasteiger partial charge in [-0.3, -0.25) is 9.59 Å². The maximum atomic E-state index is 12.8. The van der Waals surface area contributed by atoms with E-state index in [-0.39, 0.29) is 29.9 Å². The highest BCUT2D eigenvalue weighted by atomic mass is 32.2. The summed E-state index contributed by atoms with van der Waals surface area (Å²) in [4.78, 5) is 24.4. The largest absolute Gasteiger partial charge is 0.497 e. The van der Waals surface area contributed by atoms with E-state index in [4.69, 9.17) is 4.74 Å². The zero-order valence-electron chi connectivity index (χ0n) is 13.0. The number of benzene rings is 2. The molecule has 2 amide bonds. The minimum absolute atomic E-state index is 0.140. The fourth-order valence-electron chi connectivity index (χ4n) is 1.79. The van der Waals surface area contributed by atoms with E-state index in [9.17, 15) is 14.0 Å². The molecule has 0 aliphatic rings. The van der Waals surface area contributed by atoms with Gasteiger partial charge in [-0.2, -0.15) is 0 Å². The van der Waals surface area contributed by atoms with Crippen molar-refractivity contribution in [1.29, 1.82) is 0 Å². The number of ether oxygens (including phenoxy) is 1. The molecule has 2 aromatic carbocycles. The van der Waals surface area contributed by atoms with Crippen LogP contribution in [0.25, 0.3) is 0 Å². The van der Waals surface area contributed by atoms with Crippen molar-refractivity contribution >= 4 is 29.3 Å². The first kappa shape index (κ1) is 17.8. The number of amides is 2. The Balaban J connectivity index is 1.70. The van der Waals surface area contributed by atoms with Crippen molar-refractivity contribution in [2.24, 2.45) is 0 Å². The number of carbonyl (C=O) groups is 2. The smallest absolute Gasteiger partial charge is 0.243 e. The van der Waals surface area contributed by atoms with Crippen LogP contribution in [0.3, 0.4) is 0 Å². The summed E-state index contributed by atoms with van der Waals surface area (Å²) in [5.74, 6) is -0.0384. The zero-order valence-corrected chi connectivity index (χ0v) is 13.9. The van der Waals surface area contributed by atoms with E-state index < -0.39 is 0 Å². The van der Waals surface area contributed by atoms with Gasteiger partial charge in [-0.05, 0) is 48.5 Å². The van der Waals surface area contributed by atoms with Crippen molar-refractivity contribution in [3.05, 3.63) is 54.3 Å². The van der Waals surface area contributed by atoms with Crippen LogP contribution in [-0.4, -0.2) is 31.2 Å². The molecule has 0 aliphatic carbocycles. The van der Waals surface area contributed by atoms with Gasteiger partial charge in [-0.25, -0.2) is 4.39 Å². The number of rotatable bonds is 7. The Bertz CT molecular complexity index is 690. The molecule has 0 saturated heterocycles. The molecule has 0 spiro atoms. The van der Waals surface area contributed by atoms with Crippen LogP contribution >= 0.6 is 11.8 Å². The first-order chi connectivity index (χ1) is 11.6. The van der Waals surface area contributed by atoms with Crippen molar-refractivity contribution in [1.82, 2.24) is 5.32 Å². The third kappa shape index (κ3) is 5.92. The van der Waals surface area contributed by atoms with Gasteiger partial charge in [0.05, 0.1) is 19.4 Å². The molecule has 5 nitrogen and oxygen atoms in total. The lowest BCUT2D eigenvalue weighted by Crippen LogP contribution is -2.33. The van der Waals surface area contributed by atoms with Crippen LogP contribution < -0.4 is 15.4 Å². The lowest BCUT2D eigenvalue weighted by molar-refractivity contribution is -0.122. The Morgan fingerprint density at radius 3 is 2.33 bits per heavy atom. The van der Waals surface area contributed by atoms with Gasteiger partial charge in [0.2, 0.25) is 11.8 Å². The summed E-state index contributed by atoms with van der Waals surface area (Å²) in [7, 11) is 1.59. The predicted octanol–water partition coefficient (Wildman–Crippen LogP) is 2.68. The molecule has 2 N–H and O–H groups in total. The Hall–Kier alpha value is -2.54. The number of thioether (sulfide) groups is 1. The number of hydrogen-bond acceptors (Lipinski definition) is 4. The summed E-state index contributed by atoms with van der Waals surface area (Å²) in [6.07, 6.45) is 0. The van der Waals surface area contributed by atoms with Gasteiger partial charge in [-0.15, -0.1) is 11.8 Å². The first-order valence-electron chi connectivity index (χ1n) is 7.16. The highest BCUT2D eigenvalue weighted by molar-refractivity contribution is 8.00. The van der Waals surface area contributed by atoms with Crippen molar-refractivity contribution in [2.45, 2.75) is 4.90 Å². The van der Waals surface area contributed by atoms with E-state index in [2.05, 4.69) is 10.6 Å². The molecule has 0 unspecified atom stereocenters. The average molecular weight is 348 g/mol. The summed E-state index contributed by atoms with van der Waals surface area (Å²) >= 11 is 1.36. The molecule has 0 fully saturated rings. The van der Waals surface area contributed by atoms with Gasteiger partial charge in [0.15, 0.2) is 0 Å². The second-order valence-electron chi connectivity index (χ2n) is 4.80.